The number of hydrogen-bond donors (Lipinski definition) is 0. The molecule has 21 heavy (non-hydrogen) atoms. The van der Waals surface area contributed by atoms with Gasteiger partial charge in [0, 0.05) is 0 Å². The number of carbonyl (C=O) groups is 3. The van der Waals surface area contributed by atoms with Crippen molar-refractivity contribution < 1.29 is 23.5 Å². The fraction of sp³-hybridized carbons (Fsp3) is 0.357. The highest BCUT2D eigenvalue weighted by Gasteiger charge is 2.40. The highest BCUT2D eigenvalue weighted by Crippen LogP contribution is 2.36. The van der Waals surface area contributed by atoms with E-state index in [2.05, 4.69) is 0 Å². The molecule has 0 unspecified atom stereocenters. The van der Waals surface area contributed by atoms with Crippen molar-refractivity contribution in [1.29, 1.82) is 0 Å². The van der Waals surface area contributed by atoms with E-state index in [0.717, 1.165) is 17.4 Å². The molecule has 1 aliphatic rings. The summed E-state index contributed by atoms with van der Waals surface area (Å²) in [4.78, 5) is 36.1. The zero-order valence-electron chi connectivity index (χ0n) is 11.3. The number of ketones is 1. The van der Waals surface area contributed by atoms with E-state index in [1.54, 1.807) is 0 Å². The van der Waals surface area contributed by atoms with Crippen molar-refractivity contribution in [1.82, 2.24) is 0 Å². The fourth-order valence-corrected chi connectivity index (χ4v) is 2.25. The smallest absolute Gasteiger partial charge is 0.326 e. The van der Waals surface area contributed by atoms with Crippen molar-refractivity contribution in [3.05, 3.63) is 28.5 Å². The first-order valence-electron chi connectivity index (χ1n) is 6.47. The first-order valence-corrected chi connectivity index (χ1v) is 6.85. The standard InChI is InChI=1S/C14H13ClFNO4/c1-2-3-6-21-10(18)7-17-12-9(16)5-4-8(15)11(12)13(19)14(17)20/h4-5H,2-3,6-7H2,1H3. The summed E-state index contributed by atoms with van der Waals surface area (Å²) in [6.07, 6.45) is 1.54. The normalized spacial score (nSPS) is 13.6. The largest absolute Gasteiger partial charge is 0.464 e. The van der Waals surface area contributed by atoms with Gasteiger partial charge in [0.1, 0.15) is 12.4 Å². The lowest BCUT2D eigenvalue weighted by Crippen LogP contribution is -2.36. The topological polar surface area (TPSA) is 63.7 Å². The number of halogens is 2. The molecule has 0 spiro atoms. The first kappa shape index (κ1) is 15.4. The van der Waals surface area contributed by atoms with Crippen LogP contribution in [0.15, 0.2) is 12.1 Å². The second kappa shape index (κ2) is 6.22. The van der Waals surface area contributed by atoms with Crippen LogP contribution in [0, 0.1) is 5.82 Å². The van der Waals surface area contributed by atoms with Gasteiger partial charge >= 0.3 is 5.97 Å². The Bertz CT molecular complexity index is 617. The monoisotopic (exact) mass is 313 g/mol. The maximum Gasteiger partial charge on any atom is 0.326 e. The lowest BCUT2D eigenvalue weighted by molar-refractivity contribution is -0.142. The van der Waals surface area contributed by atoms with Gasteiger partial charge < -0.3 is 4.74 Å². The molecule has 5 nitrogen and oxygen atoms in total. The van der Waals surface area contributed by atoms with Crippen LogP contribution >= 0.6 is 11.6 Å². The van der Waals surface area contributed by atoms with Crippen LogP contribution in [0.3, 0.4) is 0 Å². The summed E-state index contributed by atoms with van der Waals surface area (Å²) in [5.41, 5.74) is -0.465. The summed E-state index contributed by atoms with van der Waals surface area (Å²) < 4.78 is 18.8. The SMILES string of the molecule is CCCCOC(=O)CN1C(=O)C(=O)c2c(Cl)ccc(F)c21. The molecule has 1 aromatic rings. The van der Waals surface area contributed by atoms with E-state index in [-0.39, 0.29) is 22.9 Å². The van der Waals surface area contributed by atoms with E-state index in [0.29, 0.717) is 6.42 Å². The maximum absolute atomic E-state index is 13.9. The van der Waals surface area contributed by atoms with E-state index in [4.69, 9.17) is 16.3 Å². The molecule has 0 aliphatic carbocycles. The second-order valence-corrected chi connectivity index (χ2v) is 4.95. The van der Waals surface area contributed by atoms with Gasteiger partial charge in [-0.25, -0.2) is 4.39 Å². The van der Waals surface area contributed by atoms with E-state index < -0.39 is 30.0 Å². The lowest BCUT2D eigenvalue weighted by Gasteiger charge is -2.16. The van der Waals surface area contributed by atoms with Crippen LogP contribution in [-0.4, -0.2) is 30.8 Å². The van der Waals surface area contributed by atoms with E-state index >= 15 is 0 Å². The van der Waals surface area contributed by atoms with Crippen molar-refractivity contribution in [3.63, 3.8) is 0 Å². The molecular formula is C14H13ClFNO4. The van der Waals surface area contributed by atoms with E-state index in [1.807, 2.05) is 6.92 Å². The number of rotatable bonds is 5. The average Bonchev–Trinajstić information content (AvgIpc) is 2.69. The minimum Gasteiger partial charge on any atom is -0.464 e. The molecule has 0 radical (unpaired) electrons. The van der Waals surface area contributed by atoms with Gasteiger partial charge in [-0.3, -0.25) is 19.3 Å². The number of carbonyl (C=O) groups excluding carboxylic acids is 3. The predicted molar refractivity (Wildman–Crippen MR) is 74.0 cm³/mol. The van der Waals surface area contributed by atoms with Crippen molar-refractivity contribution in [2.24, 2.45) is 0 Å². The number of hydrogen-bond acceptors (Lipinski definition) is 4. The number of unbranched alkanes of at least 4 members (excludes halogenated alkanes) is 1. The van der Waals surface area contributed by atoms with Crippen LogP contribution in [0.1, 0.15) is 30.1 Å². The summed E-state index contributed by atoms with van der Waals surface area (Å²) in [6.45, 7) is 1.64. The summed E-state index contributed by atoms with van der Waals surface area (Å²) in [6, 6.07) is 2.24. The molecule has 0 fully saturated rings. The Kier molecular flexibility index (Phi) is 4.57. The van der Waals surface area contributed by atoms with Gasteiger partial charge in [0.25, 0.3) is 11.7 Å². The molecule has 1 aromatic carbocycles. The molecule has 1 aliphatic heterocycles. The minimum atomic E-state index is -0.982. The Labute approximate surface area is 125 Å². The fourth-order valence-electron chi connectivity index (χ4n) is 2.01. The number of amides is 1. The number of esters is 1. The van der Waals surface area contributed by atoms with E-state index in [1.165, 1.54) is 6.07 Å². The molecule has 0 bridgehead atoms. The predicted octanol–water partition coefficient (Wildman–Crippen LogP) is 2.35. The summed E-state index contributed by atoms with van der Waals surface area (Å²) >= 11 is 5.82. The number of benzene rings is 1. The third-order valence-corrected chi connectivity index (χ3v) is 3.38. The first-order chi connectivity index (χ1) is 9.97. The zero-order valence-corrected chi connectivity index (χ0v) is 12.1. The number of ether oxygens (including phenoxy) is 1. The van der Waals surface area contributed by atoms with Crippen molar-refractivity contribution in [2.45, 2.75) is 19.8 Å². The van der Waals surface area contributed by atoms with Gasteiger partial charge in [0.15, 0.2) is 0 Å². The molecule has 1 heterocycles. The number of anilines is 1. The molecule has 112 valence electrons. The quantitative estimate of drug-likeness (QED) is 0.475. The average molecular weight is 314 g/mol. The summed E-state index contributed by atoms with van der Waals surface area (Å²) in [5.74, 6) is -3.38. The van der Waals surface area contributed by atoms with Crippen LogP contribution in [-0.2, 0) is 14.3 Å². The number of fused-ring (bicyclic) bond motifs is 1. The highest BCUT2D eigenvalue weighted by atomic mass is 35.5. The highest BCUT2D eigenvalue weighted by molar-refractivity contribution is 6.55. The molecule has 1 amide bonds. The van der Waals surface area contributed by atoms with E-state index in [9.17, 15) is 18.8 Å². The molecule has 7 heteroatoms. The zero-order chi connectivity index (χ0) is 15.6. The van der Waals surface area contributed by atoms with Crippen LogP contribution in [0.2, 0.25) is 5.02 Å². The molecular weight excluding hydrogens is 301 g/mol. The number of nitrogens with zero attached hydrogens (tertiary/aromatic N) is 1. The van der Waals surface area contributed by atoms with Crippen LogP contribution < -0.4 is 4.90 Å². The molecule has 0 N–H and O–H groups in total. The molecule has 0 atom stereocenters. The number of Topliss-reactive ketones (excluding diaryl/α,β-unsaturated/α-hetero) is 1. The van der Waals surface area contributed by atoms with Gasteiger partial charge in [-0.2, -0.15) is 0 Å². The van der Waals surface area contributed by atoms with Gasteiger partial charge in [-0.15, -0.1) is 0 Å². The minimum absolute atomic E-state index is 0.0217. The molecule has 0 saturated carbocycles. The van der Waals surface area contributed by atoms with Crippen LogP contribution in [0.5, 0.6) is 0 Å². The Balaban J connectivity index is 2.23. The Hall–Kier alpha value is -1.95. The molecule has 0 aromatic heterocycles. The van der Waals surface area contributed by atoms with Crippen molar-refractivity contribution in [3.8, 4) is 0 Å². The Morgan fingerprint density at radius 3 is 2.76 bits per heavy atom. The third-order valence-electron chi connectivity index (χ3n) is 3.06. The maximum atomic E-state index is 13.9. The lowest BCUT2D eigenvalue weighted by atomic mass is 10.1. The molecule has 0 saturated heterocycles. The summed E-state index contributed by atoms with van der Waals surface area (Å²) in [7, 11) is 0. The Morgan fingerprint density at radius 1 is 1.38 bits per heavy atom. The second-order valence-electron chi connectivity index (χ2n) is 4.55. The van der Waals surface area contributed by atoms with Crippen molar-refractivity contribution >= 4 is 34.9 Å². The third kappa shape index (κ3) is 2.90. The summed E-state index contributed by atoms with van der Waals surface area (Å²) in [5, 5.41) is -0.0217. The van der Waals surface area contributed by atoms with Gasteiger partial charge in [0.2, 0.25) is 0 Å². The van der Waals surface area contributed by atoms with Crippen molar-refractivity contribution in [2.75, 3.05) is 18.1 Å². The van der Waals surface area contributed by atoms with Gasteiger partial charge in [0.05, 0.1) is 22.9 Å². The van der Waals surface area contributed by atoms with Gasteiger partial charge in [-0.05, 0) is 18.6 Å². The van der Waals surface area contributed by atoms with Crippen LogP contribution in [0.25, 0.3) is 0 Å². The van der Waals surface area contributed by atoms with Gasteiger partial charge in [-0.1, -0.05) is 24.9 Å². The molecule has 2 rings (SSSR count). The Morgan fingerprint density at radius 2 is 2.10 bits per heavy atom. The van der Waals surface area contributed by atoms with Crippen LogP contribution in [0.4, 0.5) is 10.1 Å².